The minimum absolute atomic E-state index is 0.128. The Bertz CT molecular complexity index is 165. The molecule has 0 spiro atoms. The predicted molar refractivity (Wildman–Crippen MR) is 53.3 cm³/mol. The Balaban J connectivity index is 3.20. The molecule has 0 aromatic carbocycles. The summed E-state index contributed by atoms with van der Waals surface area (Å²) in [6, 6.07) is 0. The van der Waals surface area contributed by atoms with Crippen LogP contribution in [0, 0.1) is 0 Å². The number of aliphatic hydroxyl groups is 1. The first-order valence-corrected chi connectivity index (χ1v) is 4.83. The molecular weight excluding hydrogens is 202 g/mol. The van der Waals surface area contributed by atoms with Gasteiger partial charge >= 0.3 is 5.97 Å². The van der Waals surface area contributed by atoms with E-state index in [4.69, 9.17) is 20.3 Å². The number of hydrogen-bond donors (Lipinski definition) is 2. The molecule has 0 saturated heterocycles. The SMILES string of the molecule is COCCCOCCOC(=O)[C@@H](O)CN. The van der Waals surface area contributed by atoms with E-state index < -0.39 is 12.1 Å². The molecule has 0 radical (unpaired) electrons. The molecule has 6 heteroatoms. The molecule has 0 heterocycles. The Morgan fingerprint density at radius 3 is 2.67 bits per heavy atom. The van der Waals surface area contributed by atoms with Crippen molar-refractivity contribution in [2.45, 2.75) is 12.5 Å². The molecule has 6 nitrogen and oxygen atoms in total. The second-order valence-electron chi connectivity index (χ2n) is 2.88. The van der Waals surface area contributed by atoms with Gasteiger partial charge in [0.05, 0.1) is 6.61 Å². The van der Waals surface area contributed by atoms with Crippen LogP contribution in [0.4, 0.5) is 0 Å². The van der Waals surface area contributed by atoms with Crippen molar-refractivity contribution in [3.63, 3.8) is 0 Å². The van der Waals surface area contributed by atoms with Crippen molar-refractivity contribution in [1.82, 2.24) is 0 Å². The van der Waals surface area contributed by atoms with E-state index in [0.717, 1.165) is 6.42 Å². The summed E-state index contributed by atoms with van der Waals surface area (Å²) < 4.78 is 14.6. The molecule has 0 aromatic heterocycles. The van der Waals surface area contributed by atoms with Crippen LogP contribution in [0.3, 0.4) is 0 Å². The summed E-state index contributed by atoms with van der Waals surface area (Å²) in [5.74, 6) is -0.710. The zero-order valence-electron chi connectivity index (χ0n) is 8.98. The number of hydrogen-bond acceptors (Lipinski definition) is 6. The summed E-state index contributed by atoms with van der Waals surface area (Å²) in [7, 11) is 1.62. The first-order valence-electron chi connectivity index (χ1n) is 4.83. The second kappa shape index (κ2) is 9.85. The number of carbonyl (C=O) groups is 1. The lowest BCUT2D eigenvalue weighted by molar-refractivity contribution is -0.154. The molecular formula is C9H19NO5. The molecule has 0 aromatic rings. The molecule has 0 aliphatic rings. The van der Waals surface area contributed by atoms with Gasteiger partial charge in [-0.15, -0.1) is 0 Å². The lowest BCUT2D eigenvalue weighted by Crippen LogP contribution is -2.31. The molecule has 1 atom stereocenters. The third-order valence-corrected chi connectivity index (χ3v) is 1.60. The third kappa shape index (κ3) is 8.31. The van der Waals surface area contributed by atoms with E-state index in [-0.39, 0.29) is 13.2 Å². The van der Waals surface area contributed by atoms with E-state index in [9.17, 15) is 4.79 Å². The number of aliphatic hydroxyl groups excluding tert-OH is 1. The Morgan fingerprint density at radius 1 is 1.33 bits per heavy atom. The largest absolute Gasteiger partial charge is 0.461 e. The van der Waals surface area contributed by atoms with E-state index in [1.165, 1.54) is 0 Å². The summed E-state index contributed by atoms with van der Waals surface area (Å²) >= 11 is 0. The topological polar surface area (TPSA) is 91.0 Å². The minimum Gasteiger partial charge on any atom is -0.461 e. The van der Waals surface area contributed by atoms with Gasteiger partial charge in [0.2, 0.25) is 0 Å². The molecule has 0 saturated carbocycles. The predicted octanol–water partition coefficient (Wildman–Crippen LogP) is -1.10. The number of nitrogens with two attached hydrogens (primary N) is 1. The van der Waals surface area contributed by atoms with Gasteiger partial charge < -0.3 is 25.1 Å². The average molecular weight is 221 g/mol. The summed E-state index contributed by atoms with van der Waals surface area (Å²) in [6.45, 7) is 1.51. The molecule has 0 bridgehead atoms. The van der Waals surface area contributed by atoms with Crippen molar-refractivity contribution in [1.29, 1.82) is 0 Å². The van der Waals surface area contributed by atoms with E-state index in [1.54, 1.807) is 7.11 Å². The van der Waals surface area contributed by atoms with Gasteiger partial charge in [0, 0.05) is 26.9 Å². The van der Waals surface area contributed by atoms with E-state index in [2.05, 4.69) is 4.74 Å². The normalized spacial score (nSPS) is 12.5. The van der Waals surface area contributed by atoms with Gasteiger partial charge in [0.25, 0.3) is 0 Å². The standard InChI is InChI=1S/C9H19NO5/c1-13-3-2-4-14-5-6-15-9(12)8(11)7-10/h8,11H,2-7,10H2,1H3/t8-/m0/s1. The maximum Gasteiger partial charge on any atom is 0.336 e. The highest BCUT2D eigenvalue weighted by atomic mass is 16.6. The second-order valence-corrected chi connectivity index (χ2v) is 2.88. The van der Waals surface area contributed by atoms with Crippen LogP contribution in [0.5, 0.6) is 0 Å². The van der Waals surface area contributed by atoms with Gasteiger partial charge in [-0.25, -0.2) is 4.79 Å². The Hall–Kier alpha value is -0.690. The number of esters is 1. The molecule has 15 heavy (non-hydrogen) atoms. The van der Waals surface area contributed by atoms with Crippen molar-refractivity contribution in [2.24, 2.45) is 5.73 Å². The Labute approximate surface area is 89.3 Å². The highest BCUT2D eigenvalue weighted by Gasteiger charge is 2.13. The molecule has 0 aliphatic heterocycles. The van der Waals surface area contributed by atoms with Crippen LogP contribution in [0.2, 0.25) is 0 Å². The van der Waals surface area contributed by atoms with E-state index in [1.807, 2.05) is 0 Å². The number of methoxy groups -OCH3 is 1. The highest BCUT2D eigenvalue weighted by molar-refractivity contribution is 5.74. The van der Waals surface area contributed by atoms with Gasteiger partial charge in [-0.2, -0.15) is 0 Å². The molecule has 0 amide bonds. The molecule has 0 fully saturated rings. The molecule has 3 N–H and O–H groups in total. The summed E-state index contributed by atoms with van der Waals surface area (Å²) in [6.07, 6.45) is -0.436. The van der Waals surface area contributed by atoms with Crippen LogP contribution in [0.25, 0.3) is 0 Å². The van der Waals surface area contributed by atoms with Crippen LogP contribution in [-0.2, 0) is 19.0 Å². The fourth-order valence-corrected chi connectivity index (χ4v) is 0.801. The van der Waals surface area contributed by atoms with Crippen molar-refractivity contribution >= 4 is 5.97 Å². The number of ether oxygens (including phenoxy) is 3. The van der Waals surface area contributed by atoms with Crippen molar-refractivity contribution in [3.05, 3.63) is 0 Å². The fourth-order valence-electron chi connectivity index (χ4n) is 0.801. The highest BCUT2D eigenvalue weighted by Crippen LogP contribution is 1.88. The number of rotatable bonds is 9. The monoisotopic (exact) mass is 221 g/mol. The first-order chi connectivity index (χ1) is 7.22. The minimum atomic E-state index is -1.24. The van der Waals surface area contributed by atoms with Crippen LogP contribution in [0.15, 0.2) is 0 Å². The van der Waals surface area contributed by atoms with Crippen LogP contribution < -0.4 is 5.73 Å². The maximum atomic E-state index is 10.9. The van der Waals surface area contributed by atoms with Gasteiger partial charge in [0.1, 0.15) is 6.61 Å². The van der Waals surface area contributed by atoms with Crippen molar-refractivity contribution < 1.29 is 24.1 Å². The number of carbonyl (C=O) groups excluding carboxylic acids is 1. The molecule has 0 rings (SSSR count). The van der Waals surface area contributed by atoms with Gasteiger partial charge in [-0.05, 0) is 6.42 Å². The van der Waals surface area contributed by atoms with Crippen LogP contribution in [-0.4, -0.2) is 57.3 Å². The van der Waals surface area contributed by atoms with Crippen molar-refractivity contribution in [3.8, 4) is 0 Å². The first kappa shape index (κ1) is 14.3. The summed E-state index contributed by atoms with van der Waals surface area (Å²) in [5.41, 5.74) is 5.06. The van der Waals surface area contributed by atoms with Gasteiger partial charge in [-0.1, -0.05) is 0 Å². The lowest BCUT2D eigenvalue weighted by atomic mass is 10.4. The maximum absolute atomic E-state index is 10.9. The van der Waals surface area contributed by atoms with Crippen LogP contribution >= 0.6 is 0 Å². The van der Waals surface area contributed by atoms with Gasteiger partial charge in [0.15, 0.2) is 6.10 Å². The van der Waals surface area contributed by atoms with Crippen LogP contribution in [0.1, 0.15) is 6.42 Å². The zero-order valence-corrected chi connectivity index (χ0v) is 8.98. The third-order valence-electron chi connectivity index (χ3n) is 1.60. The molecule has 0 aliphatic carbocycles. The molecule has 0 unspecified atom stereocenters. The molecule has 90 valence electrons. The average Bonchev–Trinajstić information content (AvgIpc) is 2.26. The summed E-state index contributed by atoms with van der Waals surface area (Å²) in [4.78, 5) is 10.9. The summed E-state index contributed by atoms with van der Waals surface area (Å²) in [5, 5.41) is 8.94. The zero-order chi connectivity index (χ0) is 11.5. The smallest absolute Gasteiger partial charge is 0.336 e. The van der Waals surface area contributed by atoms with Crippen molar-refractivity contribution in [2.75, 3.05) is 40.1 Å². The quantitative estimate of drug-likeness (QED) is 0.379. The Morgan fingerprint density at radius 2 is 2.07 bits per heavy atom. The van der Waals surface area contributed by atoms with Gasteiger partial charge in [-0.3, -0.25) is 0 Å². The van der Waals surface area contributed by atoms with E-state index >= 15 is 0 Å². The fraction of sp³-hybridized carbons (Fsp3) is 0.889. The Kier molecular flexibility index (Phi) is 9.40. The van der Waals surface area contributed by atoms with E-state index in [0.29, 0.717) is 19.8 Å². The lowest BCUT2D eigenvalue weighted by Gasteiger charge is -2.08.